The first-order chi connectivity index (χ1) is 6.74. The molecule has 0 radical (unpaired) electrons. The third-order valence-corrected chi connectivity index (χ3v) is 2.99. The summed E-state index contributed by atoms with van der Waals surface area (Å²) >= 11 is 6.11. The second kappa shape index (κ2) is 3.51. The summed E-state index contributed by atoms with van der Waals surface area (Å²) in [6, 6.07) is 8.09. The first-order valence-corrected chi connectivity index (χ1v) is 5.01. The average molecular weight is 207 g/mol. The molecule has 0 amide bonds. The molecule has 2 rings (SSSR count). The van der Waals surface area contributed by atoms with Crippen molar-refractivity contribution in [2.24, 2.45) is 0 Å². The van der Waals surface area contributed by atoms with E-state index in [1.807, 2.05) is 25.2 Å². The molecule has 0 N–H and O–H groups in total. The molecular weight excluding hydrogens is 196 g/mol. The Hall–Kier alpha value is -1.20. The van der Waals surface area contributed by atoms with E-state index < -0.39 is 0 Å². The number of halogens is 1. The summed E-state index contributed by atoms with van der Waals surface area (Å²) in [4.78, 5) is 2.12. The zero-order valence-electron chi connectivity index (χ0n) is 8.00. The van der Waals surface area contributed by atoms with E-state index in [2.05, 4.69) is 11.0 Å². The Bertz CT molecular complexity index is 395. The molecule has 1 aromatic rings. The van der Waals surface area contributed by atoms with Gasteiger partial charge in [-0.3, -0.25) is 0 Å². The Morgan fingerprint density at radius 1 is 1.57 bits per heavy atom. The Morgan fingerprint density at radius 3 is 3.07 bits per heavy atom. The van der Waals surface area contributed by atoms with E-state index in [1.54, 1.807) is 0 Å². The zero-order chi connectivity index (χ0) is 10.1. The van der Waals surface area contributed by atoms with Crippen LogP contribution in [0.1, 0.15) is 17.9 Å². The molecule has 1 aromatic carbocycles. The van der Waals surface area contributed by atoms with Crippen LogP contribution in [0.25, 0.3) is 0 Å². The molecule has 14 heavy (non-hydrogen) atoms. The fraction of sp³-hybridized carbons (Fsp3) is 0.364. The van der Waals surface area contributed by atoms with Gasteiger partial charge < -0.3 is 4.90 Å². The number of benzene rings is 1. The van der Waals surface area contributed by atoms with Crippen LogP contribution in [0, 0.1) is 11.3 Å². The second-order valence-electron chi connectivity index (χ2n) is 3.57. The van der Waals surface area contributed by atoms with Crippen LogP contribution in [0.15, 0.2) is 18.2 Å². The molecule has 1 heterocycles. The lowest BCUT2D eigenvalue weighted by Crippen LogP contribution is -2.27. The van der Waals surface area contributed by atoms with Crippen LogP contribution in [0.2, 0.25) is 5.02 Å². The van der Waals surface area contributed by atoms with Gasteiger partial charge >= 0.3 is 0 Å². The Balaban J connectivity index is 2.57. The van der Waals surface area contributed by atoms with Crippen LogP contribution in [-0.4, -0.2) is 13.6 Å². The number of nitriles is 1. The predicted octanol–water partition coefficient (Wildman–Crippen LogP) is 2.79. The Kier molecular flexibility index (Phi) is 2.35. The number of nitrogens with zero attached hydrogens (tertiary/aromatic N) is 2. The minimum atomic E-state index is -0.0000926. The van der Waals surface area contributed by atoms with Crippen LogP contribution >= 0.6 is 11.6 Å². The van der Waals surface area contributed by atoms with Crippen molar-refractivity contribution >= 4 is 17.3 Å². The molecule has 0 aliphatic carbocycles. The summed E-state index contributed by atoms with van der Waals surface area (Å²) in [6.07, 6.45) is 0.889. The van der Waals surface area contributed by atoms with Gasteiger partial charge in [-0.15, -0.1) is 0 Å². The van der Waals surface area contributed by atoms with Crippen molar-refractivity contribution in [2.75, 3.05) is 18.5 Å². The third kappa shape index (κ3) is 1.34. The number of fused-ring (bicyclic) bond motifs is 1. The molecule has 1 aliphatic rings. The lowest BCUT2D eigenvalue weighted by molar-refractivity contribution is 0.690. The molecule has 0 spiro atoms. The van der Waals surface area contributed by atoms with E-state index in [0.717, 1.165) is 29.2 Å². The SMILES string of the molecule is CN1CCC(C#N)c2cccc(Cl)c21. The number of hydrogen-bond donors (Lipinski definition) is 0. The van der Waals surface area contributed by atoms with Crippen molar-refractivity contribution in [1.82, 2.24) is 0 Å². The van der Waals surface area contributed by atoms with Crippen molar-refractivity contribution in [2.45, 2.75) is 12.3 Å². The van der Waals surface area contributed by atoms with Gasteiger partial charge in [-0.2, -0.15) is 5.26 Å². The molecule has 1 aliphatic heterocycles. The van der Waals surface area contributed by atoms with E-state index in [0.29, 0.717) is 0 Å². The van der Waals surface area contributed by atoms with E-state index in [-0.39, 0.29) is 5.92 Å². The molecule has 0 aromatic heterocycles. The maximum atomic E-state index is 9.00. The summed E-state index contributed by atoms with van der Waals surface area (Å²) in [6.45, 7) is 0.898. The van der Waals surface area contributed by atoms with Gasteiger partial charge in [-0.1, -0.05) is 23.7 Å². The monoisotopic (exact) mass is 206 g/mol. The van der Waals surface area contributed by atoms with E-state index in [1.165, 1.54) is 0 Å². The van der Waals surface area contributed by atoms with Crippen LogP contribution in [0.5, 0.6) is 0 Å². The van der Waals surface area contributed by atoms with Crippen LogP contribution < -0.4 is 4.90 Å². The number of para-hydroxylation sites is 1. The molecule has 72 valence electrons. The minimum Gasteiger partial charge on any atom is -0.373 e. The van der Waals surface area contributed by atoms with Gasteiger partial charge in [-0.05, 0) is 18.1 Å². The summed E-state index contributed by atoms with van der Waals surface area (Å²) in [5.74, 6) is -0.0000926. The second-order valence-corrected chi connectivity index (χ2v) is 3.98. The van der Waals surface area contributed by atoms with Gasteiger partial charge in [0.05, 0.1) is 22.7 Å². The standard InChI is InChI=1S/C11H11ClN2/c1-14-6-5-8(7-13)9-3-2-4-10(12)11(9)14/h2-4,8H,5-6H2,1H3. The molecule has 1 atom stereocenters. The van der Waals surface area contributed by atoms with Crippen LogP contribution in [0.4, 0.5) is 5.69 Å². The van der Waals surface area contributed by atoms with Crippen molar-refractivity contribution < 1.29 is 0 Å². The largest absolute Gasteiger partial charge is 0.373 e. The van der Waals surface area contributed by atoms with Crippen molar-refractivity contribution in [3.8, 4) is 6.07 Å². The quantitative estimate of drug-likeness (QED) is 0.653. The van der Waals surface area contributed by atoms with Crippen molar-refractivity contribution in [3.63, 3.8) is 0 Å². The normalized spacial score (nSPS) is 20.1. The molecule has 1 unspecified atom stereocenters. The van der Waals surface area contributed by atoms with Crippen molar-refractivity contribution in [3.05, 3.63) is 28.8 Å². The fourth-order valence-electron chi connectivity index (χ4n) is 1.94. The summed E-state index contributed by atoms with van der Waals surface area (Å²) in [5.41, 5.74) is 2.08. The van der Waals surface area contributed by atoms with Gasteiger partial charge in [0.1, 0.15) is 0 Å². The summed E-state index contributed by atoms with van der Waals surface area (Å²) < 4.78 is 0. The maximum absolute atomic E-state index is 9.00. The fourth-order valence-corrected chi connectivity index (χ4v) is 2.27. The highest BCUT2D eigenvalue weighted by Crippen LogP contribution is 2.38. The van der Waals surface area contributed by atoms with Crippen molar-refractivity contribution in [1.29, 1.82) is 5.26 Å². The predicted molar refractivity (Wildman–Crippen MR) is 57.7 cm³/mol. The van der Waals surface area contributed by atoms with Gasteiger partial charge in [0.2, 0.25) is 0 Å². The summed E-state index contributed by atoms with van der Waals surface area (Å²) in [5, 5.41) is 9.74. The average Bonchev–Trinajstić information content (AvgIpc) is 2.18. The molecular formula is C11H11ClN2. The third-order valence-electron chi connectivity index (χ3n) is 2.68. The Morgan fingerprint density at radius 2 is 2.36 bits per heavy atom. The van der Waals surface area contributed by atoms with E-state index >= 15 is 0 Å². The van der Waals surface area contributed by atoms with Gasteiger partial charge in [0, 0.05) is 13.6 Å². The lowest BCUT2D eigenvalue weighted by Gasteiger charge is -2.30. The highest BCUT2D eigenvalue weighted by molar-refractivity contribution is 6.33. The number of anilines is 1. The highest BCUT2D eigenvalue weighted by atomic mass is 35.5. The van der Waals surface area contributed by atoms with E-state index in [9.17, 15) is 0 Å². The lowest BCUT2D eigenvalue weighted by atomic mass is 9.91. The first kappa shape index (κ1) is 9.36. The van der Waals surface area contributed by atoms with E-state index in [4.69, 9.17) is 16.9 Å². The number of hydrogen-bond acceptors (Lipinski definition) is 2. The molecule has 2 nitrogen and oxygen atoms in total. The number of rotatable bonds is 0. The first-order valence-electron chi connectivity index (χ1n) is 4.63. The molecule has 0 fully saturated rings. The maximum Gasteiger partial charge on any atom is 0.0750 e. The molecule has 0 bridgehead atoms. The van der Waals surface area contributed by atoms with Crippen LogP contribution in [0.3, 0.4) is 0 Å². The molecule has 0 saturated carbocycles. The van der Waals surface area contributed by atoms with Gasteiger partial charge in [0.15, 0.2) is 0 Å². The van der Waals surface area contributed by atoms with Gasteiger partial charge in [0.25, 0.3) is 0 Å². The smallest absolute Gasteiger partial charge is 0.0750 e. The Labute approximate surface area is 88.7 Å². The molecule has 3 heteroatoms. The summed E-state index contributed by atoms with van der Waals surface area (Å²) in [7, 11) is 2.01. The van der Waals surface area contributed by atoms with Gasteiger partial charge in [-0.25, -0.2) is 0 Å². The zero-order valence-corrected chi connectivity index (χ0v) is 8.75. The van der Waals surface area contributed by atoms with Crippen LogP contribution in [-0.2, 0) is 0 Å². The molecule has 0 saturated heterocycles. The minimum absolute atomic E-state index is 0.0000926. The topological polar surface area (TPSA) is 27.0 Å². The highest BCUT2D eigenvalue weighted by Gasteiger charge is 2.24.